The maximum Gasteiger partial charge on any atom is 0.305 e. The number of para-hydroxylation sites is 2. The van der Waals surface area contributed by atoms with Gasteiger partial charge in [0.2, 0.25) is 0 Å². The first-order valence-electron chi connectivity index (χ1n) is 8.05. The van der Waals surface area contributed by atoms with Crippen LogP contribution in [0, 0.1) is 0 Å². The molecule has 0 radical (unpaired) electrons. The summed E-state index contributed by atoms with van der Waals surface area (Å²) in [7, 11) is 0. The Morgan fingerprint density at radius 3 is 2.72 bits per heavy atom. The van der Waals surface area contributed by atoms with Crippen LogP contribution in [-0.4, -0.2) is 21.6 Å². The minimum atomic E-state index is -0.832. The highest BCUT2D eigenvalue weighted by atomic mass is 16.4. The predicted molar refractivity (Wildman–Crippen MR) is 97.1 cm³/mol. The largest absolute Gasteiger partial charge is 0.481 e. The Labute approximate surface area is 144 Å². The van der Waals surface area contributed by atoms with Crippen molar-refractivity contribution < 1.29 is 14.7 Å². The summed E-state index contributed by atoms with van der Waals surface area (Å²) in [4.78, 5) is 23.2. The lowest BCUT2D eigenvalue weighted by Gasteiger charge is -2.01. The van der Waals surface area contributed by atoms with Crippen LogP contribution in [0.1, 0.15) is 17.5 Å². The first kappa shape index (κ1) is 15.2. The maximum atomic E-state index is 12.3. The Bertz CT molecular complexity index is 1030. The zero-order valence-electron chi connectivity index (χ0n) is 13.4. The van der Waals surface area contributed by atoms with Crippen molar-refractivity contribution in [2.75, 3.05) is 5.32 Å². The average Bonchev–Trinajstić information content (AvgIpc) is 3.12. The number of carboxylic acids is 1. The molecule has 5 heteroatoms. The lowest BCUT2D eigenvalue weighted by Crippen LogP contribution is -2.03. The van der Waals surface area contributed by atoms with E-state index in [9.17, 15) is 9.59 Å². The van der Waals surface area contributed by atoms with E-state index in [0.29, 0.717) is 12.1 Å². The quantitative estimate of drug-likeness (QED) is 0.717. The Morgan fingerprint density at radius 1 is 1.12 bits per heavy atom. The molecule has 0 atom stereocenters. The molecule has 1 aliphatic heterocycles. The number of aryl methyl sites for hydroxylation is 1. The number of hydrogen-bond donors (Lipinski definition) is 2. The summed E-state index contributed by atoms with van der Waals surface area (Å²) in [6.07, 6.45) is 3.84. The summed E-state index contributed by atoms with van der Waals surface area (Å²) in [5.41, 5.74) is 4.19. The van der Waals surface area contributed by atoms with Crippen LogP contribution in [0.2, 0.25) is 0 Å². The van der Waals surface area contributed by atoms with Gasteiger partial charge in [-0.25, -0.2) is 0 Å². The van der Waals surface area contributed by atoms with Gasteiger partial charge in [-0.2, -0.15) is 0 Å². The van der Waals surface area contributed by atoms with E-state index in [4.69, 9.17) is 5.11 Å². The molecule has 2 N–H and O–H groups in total. The molecule has 1 aliphatic rings. The highest BCUT2D eigenvalue weighted by Gasteiger charge is 2.23. The number of aliphatic carboxylic acids is 1. The topological polar surface area (TPSA) is 71.3 Å². The second-order valence-corrected chi connectivity index (χ2v) is 6.00. The number of hydrogen-bond acceptors (Lipinski definition) is 2. The molecule has 0 spiro atoms. The van der Waals surface area contributed by atoms with Crippen molar-refractivity contribution in [1.82, 2.24) is 4.57 Å². The minimum absolute atomic E-state index is 0.0536. The molecule has 25 heavy (non-hydrogen) atoms. The molecule has 2 heterocycles. The summed E-state index contributed by atoms with van der Waals surface area (Å²) >= 11 is 0. The van der Waals surface area contributed by atoms with E-state index in [0.717, 1.165) is 27.7 Å². The second-order valence-electron chi connectivity index (χ2n) is 6.00. The van der Waals surface area contributed by atoms with E-state index in [-0.39, 0.29) is 12.3 Å². The highest BCUT2D eigenvalue weighted by Crippen LogP contribution is 2.34. The van der Waals surface area contributed by atoms with Gasteiger partial charge in [0.25, 0.3) is 5.91 Å². The fraction of sp³-hybridized carbons (Fsp3) is 0.100. The van der Waals surface area contributed by atoms with Gasteiger partial charge >= 0.3 is 5.97 Å². The second kappa shape index (κ2) is 5.94. The monoisotopic (exact) mass is 332 g/mol. The predicted octanol–water partition coefficient (Wildman–Crippen LogP) is 3.61. The summed E-state index contributed by atoms with van der Waals surface area (Å²) < 4.78 is 1.93. The van der Waals surface area contributed by atoms with Crippen LogP contribution in [0.3, 0.4) is 0 Å². The van der Waals surface area contributed by atoms with Crippen LogP contribution in [0.4, 0.5) is 5.69 Å². The summed E-state index contributed by atoms with van der Waals surface area (Å²) in [6, 6.07) is 15.4. The number of carboxylic acid groups (broad SMARTS) is 1. The van der Waals surface area contributed by atoms with Crippen LogP contribution in [0.25, 0.3) is 22.6 Å². The highest BCUT2D eigenvalue weighted by molar-refractivity contribution is 6.35. The van der Waals surface area contributed by atoms with E-state index in [1.807, 2.05) is 65.4 Å². The van der Waals surface area contributed by atoms with Crippen molar-refractivity contribution in [2.45, 2.75) is 13.0 Å². The van der Waals surface area contributed by atoms with Crippen LogP contribution < -0.4 is 5.32 Å². The van der Waals surface area contributed by atoms with Crippen molar-refractivity contribution in [1.29, 1.82) is 0 Å². The Morgan fingerprint density at radius 2 is 1.88 bits per heavy atom. The van der Waals surface area contributed by atoms with Crippen LogP contribution >= 0.6 is 0 Å². The van der Waals surface area contributed by atoms with Crippen molar-refractivity contribution in [3.05, 3.63) is 65.9 Å². The van der Waals surface area contributed by atoms with Crippen molar-refractivity contribution in [3.63, 3.8) is 0 Å². The normalized spacial score (nSPS) is 14.7. The van der Waals surface area contributed by atoms with Gasteiger partial charge < -0.3 is 15.0 Å². The Kier molecular flexibility index (Phi) is 3.61. The van der Waals surface area contributed by atoms with Gasteiger partial charge in [0, 0.05) is 46.0 Å². The first-order chi connectivity index (χ1) is 12.1. The number of carbonyl (C=O) groups excluding carboxylic acids is 1. The van der Waals surface area contributed by atoms with Gasteiger partial charge in [0.15, 0.2) is 0 Å². The van der Waals surface area contributed by atoms with Crippen molar-refractivity contribution >= 4 is 40.1 Å². The summed E-state index contributed by atoms with van der Waals surface area (Å²) in [6.45, 7) is 0.391. The van der Waals surface area contributed by atoms with Gasteiger partial charge in [-0.15, -0.1) is 0 Å². The Hall–Kier alpha value is -3.34. The Balaban J connectivity index is 1.82. The number of aromatic nitrogens is 1. The van der Waals surface area contributed by atoms with Crippen molar-refractivity contribution in [3.8, 4) is 0 Å². The molecule has 0 unspecified atom stereocenters. The molecule has 0 saturated carbocycles. The molecule has 1 amide bonds. The number of rotatable bonds is 4. The summed E-state index contributed by atoms with van der Waals surface area (Å²) in [5, 5.41) is 12.8. The average molecular weight is 332 g/mol. The lowest BCUT2D eigenvalue weighted by molar-refractivity contribution is -0.137. The molecule has 3 aromatic rings. The number of benzene rings is 2. The molecule has 0 aliphatic carbocycles. The van der Waals surface area contributed by atoms with E-state index in [2.05, 4.69) is 5.32 Å². The number of anilines is 1. The molecule has 2 aromatic carbocycles. The molecule has 0 fully saturated rings. The summed E-state index contributed by atoms with van der Waals surface area (Å²) in [5.74, 6) is -0.953. The molecule has 5 nitrogen and oxygen atoms in total. The van der Waals surface area contributed by atoms with Gasteiger partial charge in [-0.05, 0) is 18.2 Å². The first-order valence-corrected chi connectivity index (χ1v) is 8.05. The molecule has 1 aromatic heterocycles. The molecular formula is C20H16N2O3. The molecular weight excluding hydrogens is 316 g/mol. The standard InChI is InChI=1S/C20H16N2O3/c23-19(24)9-10-22-12-13(14-5-2-4-8-18(14)22)11-16-15-6-1-3-7-17(15)21-20(16)25/h1-8,11-12H,9-10H2,(H,21,25)(H,23,24). The minimum Gasteiger partial charge on any atom is -0.481 e. The fourth-order valence-corrected chi connectivity index (χ4v) is 3.23. The number of carbonyl (C=O) groups is 2. The van der Waals surface area contributed by atoms with E-state index >= 15 is 0 Å². The zero-order chi connectivity index (χ0) is 17.4. The molecule has 4 rings (SSSR count). The lowest BCUT2D eigenvalue weighted by atomic mass is 10.0. The van der Waals surface area contributed by atoms with Gasteiger partial charge in [-0.1, -0.05) is 36.4 Å². The van der Waals surface area contributed by atoms with Gasteiger partial charge in [-0.3, -0.25) is 9.59 Å². The number of fused-ring (bicyclic) bond motifs is 2. The van der Waals surface area contributed by atoms with E-state index in [1.165, 1.54) is 0 Å². The third-order valence-corrected chi connectivity index (χ3v) is 4.40. The zero-order valence-corrected chi connectivity index (χ0v) is 13.4. The fourth-order valence-electron chi connectivity index (χ4n) is 3.23. The number of nitrogens with one attached hydrogen (secondary N) is 1. The number of amides is 1. The van der Waals surface area contributed by atoms with E-state index < -0.39 is 5.97 Å². The van der Waals surface area contributed by atoms with Crippen LogP contribution in [-0.2, 0) is 16.1 Å². The van der Waals surface area contributed by atoms with Gasteiger partial charge in [0.1, 0.15) is 0 Å². The SMILES string of the molecule is O=C(O)CCn1cc(C=C2C(=O)Nc3ccccc32)c2ccccc21. The third-order valence-electron chi connectivity index (χ3n) is 4.40. The molecule has 0 bridgehead atoms. The van der Waals surface area contributed by atoms with Crippen LogP contribution in [0.5, 0.6) is 0 Å². The van der Waals surface area contributed by atoms with Gasteiger partial charge in [0.05, 0.1) is 6.42 Å². The molecule has 124 valence electrons. The molecule has 0 saturated heterocycles. The number of nitrogens with zero attached hydrogens (tertiary/aromatic N) is 1. The maximum absolute atomic E-state index is 12.3. The smallest absolute Gasteiger partial charge is 0.305 e. The van der Waals surface area contributed by atoms with Crippen LogP contribution in [0.15, 0.2) is 54.7 Å². The van der Waals surface area contributed by atoms with E-state index in [1.54, 1.807) is 0 Å². The van der Waals surface area contributed by atoms with Crippen molar-refractivity contribution in [2.24, 2.45) is 0 Å². The third kappa shape index (κ3) is 2.70.